The molecule has 0 atom stereocenters. The van der Waals surface area contributed by atoms with Crippen LogP contribution in [-0.2, 0) is 20.9 Å². The van der Waals surface area contributed by atoms with Gasteiger partial charge in [-0.1, -0.05) is 68.2 Å². The molecule has 0 radical (unpaired) electrons. The van der Waals surface area contributed by atoms with Gasteiger partial charge in [-0.15, -0.1) is 0 Å². The van der Waals surface area contributed by atoms with E-state index in [0.717, 1.165) is 5.56 Å². The number of rotatable bonds is 8. The lowest BCUT2D eigenvalue weighted by molar-refractivity contribution is -0.133. The first kappa shape index (κ1) is 23.9. The van der Waals surface area contributed by atoms with Gasteiger partial charge in [-0.05, 0) is 16.5 Å². The van der Waals surface area contributed by atoms with Crippen LogP contribution in [0.1, 0.15) is 31.9 Å². The Morgan fingerprint density at radius 2 is 1.67 bits per heavy atom. The third kappa shape index (κ3) is 6.57. The molecular weight excluding hydrogens is 427 g/mol. The topological polar surface area (TPSA) is 54.0 Å². The Labute approximate surface area is 187 Å². The minimum Gasteiger partial charge on any atom is -0.503 e. The van der Waals surface area contributed by atoms with Gasteiger partial charge in [0.05, 0.1) is 37.1 Å². The number of benzene rings is 2. The number of carbonyl (C=O) groups is 1. The second kappa shape index (κ2) is 10.6. The summed E-state index contributed by atoms with van der Waals surface area (Å²) >= 11 is 12.7. The molecule has 30 heavy (non-hydrogen) atoms. The van der Waals surface area contributed by atoms with Crippen molar-refractivity contribution in [3.8, 4) is 11.5 Å². The van der Waals surface area contributed by atoms with E-state index in [1.54, 1.807) is 18.2 Å². The molecule has 0 bridgehead atoms. The van der Waals surface area contributed by atoms with Crippen molar-refractivity contribution in [3.05, 3.63) is 63.8 Å². The summed E-state index contributed by atoms with van der Waals surface area (Å²) in [4.78, 5) is 12.1. The van der Waals surface area contributed by atoms with Gasteiger partial charge in [-0.25, -0.2) is 4.79 Å². The minimum absolute atomic E-state index is 0.0292. The van der Waals surface area contributed by atoms with Crippen molar-refractivity contribution >= 4 is 34.7 Å². The smallest absolute Gasteiger partial charge is 0.341 e. The summed E-state index contributed by atoms with van der Waals surface area (Å²) in [5.41, 5.74) is 1.68. The minimum atomic E-state index is -0.504. The van der Waals surface area contributed by atoms with E-state index in [1.807, 2.05) is 18.2 Å². The predicted molar refractivity (Wildman–Crippen MR) is 119 cm³/mol. The van der Waals surface area contributed by atoms with Crippen LogP contribution in [0.3, 0.4) is 0 Å². The lowest BCUT2D eigenvalue weighted by atomic mass is 9.99. The number of halogens is 2. The van der Waals surface area contributed by atoms with Crippen LogP contribution >= 0.6 is 23.2 Å². The Morgan fingerprint density at radius 1 is 1.03 bits per heavy atom. The molecule has 0 amide bonds. The van der Waals surface area contributed by atoms with Gasteiger partial charge in [0.25, 0.3) is 0 Å². The molecule has 0 unspecified atom stereocenters. The monoisotopic (exact) mass is 452 g/mol. The number of esters is 1. The highest BCUT2D eigenvalue weighted by molar-refractivity contribution is 6.37. The molecule has 2 aromatic carbocycles. The van der Waals surface area contributed by atoms with E-state index in [1.165, 1.54) is 20.5 Å². The van der Waals surface area contributed by atoms with Crippen LogP contribution in [0, 0.1) is 5.41 Å². The lowest BCUT2D eigenvalue weighted by Crippen LogP contribution is -2.17. The molecule has 5 nitrogen and oxygen atoms in total. The molecule has 7 heteroatoms. The molecule has 0 aliphatic carbocycles. The van der Waals surface area contributed by atoms with E-state index in [2.05, 4.69) is 20.8 Å². The quantitative estimate of drug-likeness (QED) is 0.272. The molecular formula is C23H26Cl2O5. The fourth-order valence-electron chi connectivity index (χ4n) is 2.57. The van der Waals surface area contributed by atoms with E-state index in [0.29, 0.717) is 39.3 Å². The largest absolute Gasteiger partial charge is 0.503 e. The molecule has 0 saturated heterocycles. The summed E-state index contributed by atoms with van der Waals surface area (Å²) in [6, 6.07) is 10.6. The first-order valence-corrected chi connectivity index (χ1v) is 10.1. The summed E-state index contributed by atoms with van der Waals surface area (Å²) < 4.78 is 21.6. The van der Waals surface area contributed by atoms with Crippen LogP contribution < -0.4 is 9.47 Å². The predicted octanol–water partition coefficient (Wildman–Crippen LogP) is 6.16. The van der Waals surface area contributed by atoms with E-state index >= 15 is 0 Å². The Kier molecular flexibility index (Phi) is 8.44. The molecule has 0 spiro atoms. The van der Waals surface area contributed by atoms with Crippen molar-refractivity contribution in [1.29, 1.82) is 0 Å². The highest BCUT2D eigenvalue weighted by Gasteiger charge is 2.18. The van der Waals surface area contributed by atoms with Crippen LogP contribution in [-0.4, -0.2) is 26.8 Å². The van der Waals surface area contributed by atoms with Crippen molar-refractivity contribution < 1.29 is 23.7 Å². The van der Waals surface area contributed by atoms with Crippen LogP contribution in [0.2, 0.25) is 10.0 Å². The molecule has 0 N–H and O–H groups in total. The van der Waals surface area contributed by atoms with Gasteiger partial charge in [0.15, 0.2) is 5.75 Å². The molecule has 0 fully saturated rings. The zero-order valence-electron chi connectivity index (χ0n) is 17.8. The van der Waals surface area contributed by atoms with Crippen LogP contribution in [0.4, 0.5) is 0 Å². The molecule has 0 saturated carbocycles. The second-order valence-electron chi connectivity index (χ2n) is 7.77. The van der Waals surface area contributed by atoms with Gasteiger partial charge in [0, 0.05) is 12.1 Å². The van der Waals surface area contributed by atoms with Crippen molar-refractivity contribution in [2.24, 2.45) is 5.41 Å². The van der Waals surface area contributed by atoms with Crippen molar-refractivity contribution in [1.82, 2.24) is 0 Å². The average Bonchev–Trinajstić information content (AvgIpc) is 2.68. The van der Waals surface area contributed by atoms with Crippen LogP contribution in [0.15, 0.2) is 42.7 Å². The van der Waals surface area contributed by atoms with E-state index in [-0.39, 0.29) is 12.0 Å². The van der Waals surface area contributed by atoms with Crippen molar-refractivity contribution in [2.75, 3.05) is 20.8 Å². The van der Waals surface area contributed by atoms with Crippen molar-refractivity contribution in [3.63, 3.8) is 0 Å². The Bertz CT molecular complexity index is 893. The number of hydrogen-bond donors (Lipinski definition) is 0. The number of methoxy groups -OCH3 is 2. The zero-order valence-corrected chi connectivity index (χ0v) is 19.3. The molecule has 0 aliphatic heterocycles. The lowest BCUT2D eigenvalue weighted by Gasteiger charge is -2.20. The molecule has 162 valence electrons. The van der Waals surface area contributed by atoms with Crippen LogP contribution in [0.25, 0.3) is 5.57 Å². The van der Waals surface area contributed by atoms with Gasteiger partial charge in [0.2, 0.25) is 0 Å². The Morgan fingerprint density at radius 3 is 2.23 bits per heavy atom. The third-order valence-electron chi connectivity index (χ3n) is 3.96. The van der Waals surface area contributed by atoms with E-state index in [9.17, 15) is 4.79 Å². The van der Waals surface area contributed by atoms with Gasteiger partial charge >= 0.3 is 5.97 Å². The van der Waals surface area contributed by atoms with E-state index in [4.69, 9.17) is 42.1 Å². The number of hydrogen-bond acceptors (Lipinski definition) is 5. The first-order valence-electron chi connectivity index (χ1n) is 9.30. The maximum atomic E-state index is 12.1. The molecule has 2 aromatic rings. The fraction of sp³-hybridized carbons (Fsp3) is 0.348. The zero-order chi connectivity index (χ0) is 22.3. The number of ether oxygens (including phenoxy) is 4. The van der Waals surface area contributed by atoms with Gasteiger partial charge in [0.1, 0.15) is 17.9 Å². The maximum absolute atomic E-state index is 12.1. The standard InChI is InChI=1S/C23H26Cl2O5/c1-23(2,3)14-30-21-19(24)10-16(11-20(21)25)29-12-15-8-6-7-9-17(15)18(13-27-4)22(26)28-5/h6-11,13H,12,14H2,1-5H3. The summed E-state index contributed by atoms with van der Waals surface area (Å²) in [5, 5.41) is 0.731. The summed E-state index contributed by atoms with van der Waals surface area (Å²) in [6.07, 6.45) is 1.35. The van der Waals surface area contributed by atoms with Gasteiger partial charge in [-0.3, -0.25) is 0 Å². The summed E-state index contributed by atoms with van der Waals surface area (Å²) in [5.74, 6) is 0.408. The highest BCUT2D eigenvalue weighted by Crippen LogP contribution is 2.38. The van der Waals surface area contributed by atoms with Crippen molar-refractivity contribution in [2.45, 2.75) is 27.4 Å². The Balaban J connectivity index is 2.22. The highest BCUT2D eigenvalue weighted by atomic mass is 35.5. The summed E-state index contributed by atoms with van der Waals surface area (Å²) in [7, 11) is 2.79. The number of carbonyl (C=O) groups excluding carboxylic acids is 1. The molecule has 0 aliphatic rings. The van der Waals surface area contributed by atoms with Gasteiger partial charge < -0.3 is 18.9 Å². The molecule has 0 heterocycles. The molecule has 2 rings (SSSR count). The van der Waals surface area contributed by atoms with Gasteiger partial charge in [-0.2, -0.15) is 0 Å². The normalized spacial score (nSPS) is 11.8. The maximum Gasteiger partial charge on any atom is 0.341 e. The summed E-state index contributed by atoms with van der Waals surface area (Å²) in [6.45, 7) is 6.84. The second-order valence-corrected chi connectivity index (χ2v) is 8.58. The first-order chi connectivity index (χ1) is 14.2. The average molecular weight is 453 g/mol. The Hall–Kier alpha value is -2.37. The molecule has 0 aromatic heterocycles. The van der Waals surface area contributed by atoms with Crippen LogP contribution in [0.5, 0.6) is 11.5 Å². The third-order valence-corrected chi connectivity index (χ3v) is 4.53. The fourth-order valence-corrected chi connectivity index (χ4v) is 3.14. The van der Waals surface area contributed by atoms with E-state index < -0.39 is 5.97 Å². The SMILES string of the molecule is COC=C(C(=O)OC)c1ccccc1COc1cc(Cl)c(OCC(C)(C)C)c(Cl)c1.